The molecule has 0 amide bonds. The average molecular weight is 484 g/mol. The number of pyridine rings is 1. The standard InChI is InChI=1S/C27H29N7O2/c1-17-11-18(25-28-9-10-32(25)5)7-8-21(17)31-24-13-23-19(14-29-24)12-22(20-15-30-33(6)16-20)34(23)26(35)36-27(2,3)4/h7-16H,1-6H3,(H,29,31). The van der Waals surface area contributed by atoms with Gasteiger partial charge in [0.25, 0.3) is 0 Å². The lowest BCUT2D eigenvalue weighted by atomic mass is 10.1. The number of ether oxygens (including phenoxy) is 1. The molecule has 0 atom stereocenters. The molecule has 0 aliphatic carbocycles. The van der Waals surface area contributed by atoms with Crippen molar-refractivity contribution in [2.45, 2.75) is 33.3 Å². The fourth-order valence-corrected chi connectivity index (χ4v) is 4.17. The number of benzene rings is 1. The van der Waals surface area contributed by atoms with Gasteiger partial charge in [-0.1, -0.05) is 0 Å². The normalized spacial score (nSPS) is 11.7. The Bertz CT molecular complexity index is 1580. The number of carbonyl (C=O) groups excluding carboxylic acids is 1. The van der Waals surface area contributed by atoms with E-state index in [2.05, 4.69) is 26.4 Å². The minimum Gasteiger partial charge on any atom is -0.443 e. The number of hydrogen-bond acceptors (Lipinski definition) is 6. The molecule has 0 bridgehead atoms. The van der Waals surface area contributed by atoms with Crippen molar-refractivity contribution in [1.29, 1.82) is 0 Å². The van der Waals surface area contributed by atoms with Crippen molar-refractivity contribution in [3.05, 3.63) is 66.9 Å². The molecule has 4 heterocycles. The maximum absolute atomic E-state index is 13.3. The van der Waals surface area contributed by atoms with Crippen LogP contribution >= 0.6 is 0 Å². The van der Waals surface area contributed by atoms with Crippen LogP contribution in [0.5, 0.6) is 0 Å². The Morgan fingerprint density at radius 1 is 1.03 bits per heavy atom. The maximum atomic E-state index is 13.3. The van der Waals surface area contributed by atoms with Crippen LogP contribution in [-0.4, -0.2) is 40.6 Å². The van der Waals surface area contributed by atoms with Crippen LogP contribution in [0.3, 0.4) is 0 Å². The maximum Gasteiger partial charge on any atom is 0.419 e. The first-order chi connectivity index (χ1) is 17.1. The second-order valence-electron chi connectivity index (χ2n) is 9.89. The number of aromatic nitrogens is 6. The van der Waals surface area contributed by atoms with Gasteiger partial charge in [0, 0.05) is 67.1 Å². The SMILES string of the molecule is Cc1cc(-c2nccn2C)ccc1Nc1cc2c(cn1)cc(-c1cnn(C)c1)n2C(=O)OC(C)(C)C. The molecule has 0 spiro atoms. The first-order valence-corrected chi connectivity index (χ1v) is 11.7. The van der Waals surface area contributed by atoms with Gasteiger partial charge in [-0.2, -0.15) is 5.10 Å². The molecular formula is C27H29N7O2. The average Bonchev–Trinajstić information content (AvgIpc) is 3.51. The molecule has 5 rings (SSSR count). The number of hydrogen-bond donors (Lipinski definition) is 1. The summed E-state index contributed by atoms with van der Waals surface area (Å²) in [6.45, 7) is 7.60. The number of nitrogens with one attached hydrogen (secondary N) is 1. The van der Waals surface area contributed by atoms with E-state index in [-0.39, 0.29) is 0 Å². The van der Waals surface area contributed by atoms with E-state index < -0.39 is 11.7 Å². The van der Waals surface area contributed by atoms with Crippen LogP contribution < -0.4 is 5.32 Å². The third-order valence-corrected chi connectivity index (χ3v) is 5.83. The predicted octanol–water partition coefficient (Wildman–Crippen LogP) is 5.67. The fraction of sp³-hybridized carbons (Fsp3) is 0.259. The van der Waals surface area contributed by atoms with Crippen molar-refractivity contribution in [2.75, 3.05) is 5.32 Å². The summed E-state index contributed by atoms with van der Waals surface area (Å²) in [6, 6.07) is 9.93. The largest absolute Gasteiger partial charge is 0.443 e. The molecule has 36 heavy (non-hydrogen) atoms. The second-order valence-corrected chi connectivity index (χ2v) is 9.89. The molecule has 9 nitrogen and oxygen atoms in total. The minimum absolute atomic E-state index is 0.455. The number of fused-ring (bicyclic) bond motifs is 1. The zero-order valence-electron chi connectivity index (χ0n) is 21.3. The monoisotopic (exact) mass is 483 g/mol. The zero-order chi connectivity index (χ0) is 25.6. The Morgan fingerprint density at radius 2 is 1.83 bits per heavy atom. The zero-order valence-corrected chi connectivity index (χ0v) is 21.3. The molecular weight excluding hydrogens is 454 g/mol. The third-order valence-electron chi connectivity index (χ3n) is 5.83. The lowest BCUT2D eigenvalue weighted by Crippen LogP contribution is -2.27. The van der Waals surface area contributed by atoms with E-state index in [4.69, 9.17) is 4.74 Å². The highest BCUT2D eigenvalue weighted by molar-refractivity contribution is 5.97. The van der Waals surface area contributed by atoms with Crippen LogP contribution in [0.4, 0.5) is 16.3 Å². The van der Waals surface area contributed by atoms with Gasteiger partial charge in [0.1, 0.15) is 17.2 Å². The number of carbonyl (C=O) groups is 1. The Hall–Kier alpha value is -4.40. The van der Waals surface area contributed by atoms with Crippen LogP contribution in [0.1, 0.15) is 26.3 Å². The molecule has 0 fully saturated rings. The van der Waals surface area contributed by atoms with E-state index >= 15 is 0 Å². The van der Waals surface area contributed by atoms with Crippen molar-refractivity contribution in [3.8, 4) is 22.6 Å². The molecule has 5 aromatic rings. The lowest BCUT2D eigenvalue weighted by Gasteiger charge is -2.21. The van der Waals surface area contributed by atoms with Crippen LogP contribution in [-0.2, 0) is 18.8 Å². The summed E-state index contributed by atoms with van der Waals surface area (Å²) in [7, 11) is 3.82. The molecule has 9 heteroatoms. The molecule has 0 unspecified atom stereocenters. The lowest BCUT2D eigenvalue weighted by molar-refractivity contribution is 0.0547. The number of anilines is 2. The van der Waals surface area contributed by atoms with Crippen LogP contribution in [0.2, 0.25) is 0 Å². The van der Waals surface area contributed by atoms with Gasteiger partial charge in [-0.15, -0.1) is 0 Å². The predicted molar refractivity (Wildman–Crippen MR) is 140 cm³/mol. The summed E-state index contributed by atoms with van der Waals surface area (Å²) in [5.74, 6) is 1.53. The van der Waals surface area contributed by atoms with Crippen LogP contribution in [0, 0.1) is 6.92 Å². The Balaban J connectivity index is 1.54. The third kappa shape index (κ3) is 4.47. The van der Waals surface area contributed by atoms with Crippen molar-refractivity contribution in [1.82, 2.24) is 28.9 Å². The first-order valence-electron chi connectivity index (χ1n) is 11.7. The van der Waals surface area contributed by atoms with Crippen molar-refractivity contribution in [3.63, 3.8) is 0 Å². The van der Waals surface area contributed by atoms with Gasteiger partial charge >= 0.3 is 6.09 Å². The quantitative estimate of drug-likeness (QED) is 0.354. The van der Waals surface area contributed by atoms with Gasteiger partial charge in [-0.05, 0) is 57.5 Å². The van der Waals surface area contributed by atoms with Crippen LogP contribution in [0.25, 0.3) is 33.5 Å². The van der Waals surface area contributed by atoms with E-state index in [0.717, 1.165) is 33.6 Å². The second kappa shape index (κ2) is 8.67. The highest BCUT2D eigenvalue weighted by Gasteiger charge is 2.24. The van der Waals surface area contributed by atoms with Crippen molar-refractivity contribution >= 4 is 28.5 Å². The van der Waals surface area contributed by atoms with E-state index in [1.165, 1.54) is 0 Å². The number of aryl methyl sites for hydroxylation is 3. The smallest absolute Gasteiger partial charge is 0.419 e. The minimum atomic E-state index is -0.639. The number of rotatable bonds is 4. The van der Waals surface area contributed by atoms with Crippen LogP contribution in [0.15, 0.2) is 61.3 Å². The van der Waals surface area contributed by atoms with Gasteiger partial charge < -0.3 is 14.6 Å². The van der Waals surface area contributed by atoms with Gasteiger partial charge in [0.15, 0.2) is 0 Å². The van der Waals surface area contributed by atoms with E-state index in [1.807, 2.05) is 83.0 Å². The molecule has 184 valence electrons. The highest BCUT2D eigenvalue weighted by Crippen LogP contribution is 2.31. The molecule has 0 aliphatic rings. The first kappa shape index (κ1) is 23.3. The van der Waals surface area contributed by atoms with Crippen molar-refractivity contribution in [2.24, 2.45) is 14.1 Å². The number of imidazole rings is 1. The molecule has 0 aliphatic heterocycles. The fourth-order valence-electron chi connectivity index (χ4n) is 4.17. The highest BCUT2D eigenvalue weighted by atomic mass is 16.6. The van der Waals surface area contributed by atoms with E-state index in [9.17, 15) is 4.79 Å². The Labute approximate surface area is 209 Å². The molecule has 0 saturated heterocycles. The Morgan fingerprint density at radius 3 is 2.47 bits per heavy atom. The molecule has 1 aromatic carbocycles. The molecule has 4 aromatic heterocycles. The van der Waals surface area contributed by atoms with Gasteiger partial charge in [0.2, 0.25) is 0 Å². The van der Waals surface area contributed by atoms with Gasteiger partial charge in [-0.3, -0.25) is 4.68 Å². The van der Waals surface area contributed by atoms with E-state index in [1.54, 1.807) is 27.8 Å². The summed E-state index contributed by atoms with van der Waals surface area (Å²) in [6.07, 6.45) is 8.62. The number of nitrogens with zero attached hydrogens (tertiary/aromatic N) is 6. The van der Waals surface area contributed by atoms with Gasteiger partial charge in [-0.25, -0.2) is 19.3 Å². The summed E-state index contributed by atoms with van der Waals surface area (Å²) in [5.41, 5.74) is 4.58. The summed E-state index contributed by atoms with van der Waals surface area (Å²) in [4.78, 5) is 22.3. The van der Waals surface area contributed by atoms with E-state index in [0.29, 0.717) is 17.0 Å². The molecule has 0 saturated carbocycles. The van der Waals surface area contributed by atoms with Crippen molar-refractivity contribution < 1.29 is 9.53 Å². The molecule has 1 N–H and O–H groups in total. The van der Waals surface area contributed by atoms with Gasteiger partial charge in [0.05, 0.1) is 17.4 Å². The Kier molecular flexibility index (Phi) is 5.62. The summed E-state index contributed by atoms with van der Waals surface area (Å²) >= 11 is 0. The molecule has 0 radical (unpaired) electrons. The topological polar surface area (TPSA) is 91.8 Å². The summed E-state index contributed by atoms with van der Waals surface area (Å²) < 4.78 is 11.0. The summed E-state index contributed by atoms with van der Waals surface area (Å²) in [5, 5.41) is 8.49.